The molecule has 0 heterocycles. The molecule has 202 valence electrons. The molecule has 0 rings (SSSR count). The molecule has 0 aromatic heterocycles. The Labute approximate surface area is 219 Å². The largest absolute Gasteiger partial charge is 1.00 e. The van der Waals surface area contributed by atoms with Crippen LogP contribution in [0, 0.1) is 0 Å². The fourth-order valence-corrected chi connectivity index (χ4v) is 5.38. The molecule has 0 saturated carbocycles. The Hall–Kier alpha value is 0.320. The molecule has 0 unspecified atom stereocenters. The van der Waals surface area contributed by atoms with Crippen molar-refractivity contribution in [1.82, 2.24) is 0 Å². The van der Waals surface area contributed by atoms with Crippen molar-refractivity contribution in [2.24, 2.45) is 0 Å². The van der Waals surface area contributed by atoms with E-state index in [1.54, 1.807) is 0 Å². The number of quaternary nitrogens is 2. The lowest BCUT2D eigenvalue weighted by Crippen LogP contribution is -3.00. The summed E-state index contributed by atoms with van der Waals surface area (Å²) in [5, 5.41) is 18.7. The molecule has 0 fully saturated rings. The van der Waals surface area contributed by atoms with Gasteiger partial charge < -0.3 is 36.2 Å². The number of hydrogen-bond donors (Lipinski definition) is 2. The van der Waals surface area contributed by atoms with Gasteiger partial charge in [-0.3, -0.25) is 0 Å². The normalized spacial score (nSPS) is 12.2. The quantitative estimate of drug-likeness (QED) is 0.139. The minimum atomic E-state index is 0. The fourth-order valence-electron chi connectivity index (χ4n) is 5.38. The molecule has 0 aromatic carbocycles. The van der Waals surface area contributed by atoms with Crippen LogP contribution in [0.5, 0.6) is 0 Å². The average molecular weight is 539 g/mol. The van der Waals surface area contributed by atoms with Gasteiger partial charge in [0.2, 0.25) is 0 Å². The zero-order valence-electron chi connectivity index (χ0n) is 23.1. The Morgan fingerprint density at radius 2 is 0.576 bits per heavy atom. The van der Waals surface area contributed by atoms with Gasteiger partial charge in [0, 0.05) is 0 Å². The highest BCUT2D eigenvalue weighted by atomic mass is 79.9. The van der Waals surface area contributed by atoms with Crippen LogP contribution in [0.2, 0.25) is 0 Å². The molecule has 0 atom stereocenters. The Bertz CT molecular complexity index is 352. The third-order valence-electron chi connectivity index (χ3n) is 8.35. The summed E-state index contributed by atoms with van der Waals surface area (Å²) in [4.78, 5) is 0. The highest BCUT2D eigenvalue weighted by molar-refractivity contribution is 4.51. The molecule has 0 aromatic rings. The van der Waals surface area contributed by atoms with E-state index in [0.717, 1.165) is 48.2 Å². The van der Waals surface area contributed by atoms with Crippen molar-refractivity contribution >= 4 is 0 Å². The first-order valence-corrected chi connectivity index (χ1v) is 14.5. The van der Waals surface area contributed by atoms with Crippen molar-refractivity contribution in [1.29, 1.82) is 0 Å². The van der Waals surface area contributed by atoms with Crippen LogP contribution >= 0.6 is 0 Å². The minimum absolute atomic E-state index is 0. The summed E-state index contributed by atoms with van der Waals surface area (Å²) in [5.74, 6) is 0. The van der Waals surface area contributed by atoms with E-state index in [1.807, 2.05) is 0 Å². The number of aliphatic hydroxyl groups is 2. The maximum Gasteiger partial charge on any atom is 0.102 e. The molecule has 0 saturated heterocycles. The second-order valence-corrected chi connectivity index (χ2v) is 10.2. The smallest absolute Gasteiger partial charge is 0.102 e. The van der Waals surface area contributed by atoms with Gasteiger partial charge in [-0.1, -0.05) is 64.2 Å². The second-order valence-electron chi connectivity index (χ2n) is 10.2. The van der Waals surface area contributed by atoms with Crippen molar-refractivity contribution in [3.63, 3.8) is 0 Å². The van der Waals surface area contributed by atoms with E-state index in [-0.39, 0.29) is 17.0 Å². The Balaban J connectivity index is 0. The van der Waals surface area contributed by atoms with E-state index in [1.165, 1.54) is 103 Å². The van der Waals surface area contributed by atoms with Gasteiger partial charge in [0.15, 0.2) is 0 Å². The lowest BCUT2D eigenvalue weighted by Gasteiger charge is -2.36. The number of nitrogens with zero attached hydrogens (tertiary/aromatic N) is 2. The summed E-state index contributed by atoms with van der Waals surface area (Å²) in [7, 11) is 0. The number of likely N-dealkylation sites (N-methyl/N-ethyl adjacent to an activating group) is 2. The minimum Gasteiger partial charge on any atom is -1.00 e. The Kier molecular flexibility index (Phi) is 25.8. The summed E-state index contributed by atoms with van der Waals surface area (Å²) < 4.78 is 2.19. The van der Waals surface area contributed by atoms with Crippen LogP contribution in [0.1, 0.15) is 118 Å². The number of aliphatic hydroxyl groups excluding tert-OH is 2. The van der Waals surface area contributed by atoms with Crippen LogP contribution in [0.15, 0.2) is 0 Å². The topological polar surface area (TPSA) is 40.5 Å². The van der Waals surface area contributed by atoms with Gasteiger partial charge in [-0.05, 0) is 53.4 Å². The summed E-state index contributed by atoms with van der Waals surface area (Å²) >= 11 is 0. The molecule has 4 nitrogen and oxygen atoms in total. The molecule has 5 heteroatoms. The molecule has 0 aliphatic carbocycles. The van der Waals surface area contributed by atoms with E-state index in [9.17, 15) is 10.2 Å². The fraction of sp³-hybridized carbons (Fsp3) is 1.00. The van der Waals surface area contributed by atoms with E-state index in [2.05, 4.69) is 27.7 Å². The third kappa shape index (κ3) is 17.4. The van der Waals surface area contributed by atoms with Crippen molar-refractivity contribution in [2.45, 2.75) is 118 Å². The van der Waals surface area contributed by atoms with Crippen molar-refractivity contribution in [2.75, 3.05) is 65.6 Å². The lowest BCUT2D eigenvalue weighted by molar-refractivity contribution is -0.925. The molecule has 0 bridgehead atoms. The first kappa shape index (κ1) is 35.5. The number of unbranched alkanes of at least 4 members (excludes halogenated alkanes) is 13. The van der Waals surface area contributed by atoms with E-state index >= 15 is 0 Å². The molecule has 0 aliphatic heterocycles. The van der Waals surface area contributed by atoms with Crippen LogP contribution in [0.25, 0.3) is 0 Å². The van der Waals surface area contributed by atoms with E-state index in [4.69, 9.17) is 0 Å². The molecule has 33 heavy (non-hydrogen) atoms. The molecule has 0 aliphatic rings. The van der Waals surface area contributed by atoms with Gasteiger partial charge in [-0.15, -0.1) is 0 Å². The van der Waals surface area contributed by atoms with Gasteiger partial charge in [0.05, 0.1) is 52.5 Å². The van der Waals surface area contributed by atoms with Crippen molar-refractivity contribution < 1.29 is 36.2 Å². The highest BCUT2D eigenvalue weighted by Crippen LogP contribution is 2.15. The SMILES string of the molecule is CC[N+](CC)(CCO)CCCCCCCCCCCCCCCC[N+](CC)(CC)CCO.[Br-]. The van der Waals surface area contributed by atoms with Crippen LogP contribution in [0.4, 0.5) is 0 Å². The Morgan fingerprint density at radius 3 is 0.758 bits per heavy atom. The van der Waals surface area contributed by atoms with Gasteiger partial charge in [-0.25, -0.2) is 0 Å². The number of hydrogen-bond acceptors (Lipinski definition) is 2. The van der Waals surface area contributed by atoms with Gasteiger partial charge in [-0.2, -0.15) is 0 Å². The maximum absolute atomic E-state index is 9.33. The lowest BCUT2D eigenvalue weighted by atomic mass is 10.0. The predicted octanol–water partition coefficient (Wildman–Crippen LogP) is 3.15. The zero-order valence-corrected chi connectivity index (χ0v) is 24.7. The zero-order chi connectivity index (χ0) is 24.0. The van der Waals surface area contributed by atoms with E-state index < -0.39 is 0 Å². The van der Waals surface area contributed by atoms with E-state index in [0.29, 0.717) is 13.2 Å². The van der Waals surface area contributed by atoms with Crippen molar-refractivity contribution in [3.05, 3.63) is 0 Å². The molecule has 0 amide bonds. The van der Waals surface area contributed by atoms with Gasteiger partial charge >= 0.3 is 0 Å². The molecular formula is C28H62BrN2O2+. The molecule has 0 radical (unpaired) electrons. The monoisotopic (exact) mass is 537 g/mol. The van der Waals surface area contributed by atoms with Crippen LogP contribution < -0.4 is 17.0 Å². The number of halogens is 1. The summed E-state index contributed by atoms with van der Waals surface area (Å²) in [5.41, 5.74) is 0. The summed E-state index contributed by atoms with van der Waals surface area (Å²) in [6, 6.07) is 0. The molecular weight excluding hydrogens is 476 g/mol. The first-order chi connectivity index (χ1) is 15.6. The average Bonchev–Trinajstić information content (AvgIpc) is 2.82. The van der Waals surface area contributed by atoms with Crippen LogP contribution in [0.3, 0.4) is 0 Å². The molecule has 0 spiro atoms. The number of rotatable bonds is 25. The second kappa shape index (κ2) is 24.0. The van der Waals surface area contributed by atoms with Gasteiger partial charge in [0.25, 0.3) is 0 Å². The highest BCUT2D eigenvalue weighted by Gasteiger charge is 2.22. The van der Waals surface area contributed by atoms with Crippen LogP contribution in [-0.4, -0.2) is 84.8 Å². The Morgan fingerprint density at radius 1 is 0.364 bits per heavy atom. The summed E-state index contributed by atoms with van der Waals surface area (Å²) in [6.07, 6.45) is 19.5. The van der Waals surface area contributed by atoms with Crippen LogP contribution in [-0.2, 0) is 0 Å². The predicted molar refractivity (Wildman–Crippen MR) is 141 cm³/mol. The third-order valence-corrected chi connectivity index (χ3v) is 8.35. The standard InChI is InChI=1S/C28H62N2O2.BrH/c1-5-29(6-2,25-27-31)23-21-19-17-15-13-11-9-10-12-14-16-18-20-22-24-30(7-3,8-4)26-28-32;/h31-32H,5-28H2,1-4H3;1H/q+2;/p-1. The maximum atomic E-state index is 9.33. The first-order valence-electron chi connectivity index (χ1n) is 14.5. The van der Waals surface area contributed by atoms with Gasteiger partial charge in [0.1, 0.15) is 13.1 Å². The molecule has 2 N–H and O–H groups in total. The summed E-state index contributed by atoms with van der Waals surface area (Å²) in [6.45, 7) is 18.7. The van der Waals surface area contributed by atoms with Crippen molar-refractivity contribution in [3.8, 4) is 0 Å².